The van der Waals surface area contributed by atoms with E-state index in [9.17, 15) is 9.90 Å². The van der Waals surface area contributed by atoms with Crippen LogP contribution >= 0.6 is 0 Å². The van der Waals surface area contributed by atoms with Gasteiger partial charge in [-0.2, -0.15) is 0 Å². The molecule has 4 nitrogen and oxygen atoms in total. The van der Waals surface area contributed by atoms with E-state index in [2.05, 4.69) is 17.1 Å². The van der Waals surface area contributed by atoms with E-state index in [1.165, 1.54) is 12.8 Å². The van der Waals surface area contributed by atoms with Crippen LogP contribution < -0.4 is 5.32 Å². The third-order valence-electron chi connectivity index (χ3n) is 3.76. The van der Waals surface area contributed by atoms with Crippen LogP contribution in [0.15, 0.2) is 30.3 Å². The van der Waals surface area contributed by atoms with Crippen molar-refractivity contribution < 1.29 is 9.90 Å². The number of likely N-dealkylation sites (N-methyl/N-ethyl adjacent to an activating group) is 2. The number of benzene rings is 1. The molecule has 0 aliphatic heterocycles. The minimum atomic E-state index is -1.04. The molecule has 0 amide bonds. The number of nitrogens with zero attached hydrogens (tertiary/aromatic N) is 1. The largest absolute Gasteiger partial charge is 0.480 e. The summed E-state index contributed by atoms with van der Waals surface area (Å²) >= 11 is 0. The van der Waals surface area contributed by atoms with E-state index in [4.69, 9.17) is 0 Å². The Labute approximate surface area is 128 Å². The molecule has 0 aliphatic rings. The first-order valence-corrected chi connectivity index (χ1v) is 7.79. The van der Waals surface area contributed by atoms with Crippen LogP contribution in [0.25, 0.3) is 0 Å². The summed E-state index contributed by atoms with van der Waals surface area (Å²) in [5, 5.41) is 13.0. The van der Waals surface area contributed by atoms with E-state index < -0.39 is 11.5 Å². The third-order valence-corrected chi connectivity index (χ3v) is 3.76. The zero-order valence-corrected chi connectivity index (χ0v) is 13.4. The van der Waals surface area contributed by atoms with Crippen LogP contribution in [0.5, 0.6) is 0 Å². The number of rotatable bonds is 10. The van der Waals surface area contributed by atoms with Gasteiger partial charge in [0.05, 0.1) is 0 Å². The molecule has 2 N–H and O–H groups in total. The monoisotopic (exact) mass is 292 g/mol. The molecule has 1 aromatic rings. The fourth-order valence-corrected chi connectivity index (χ4v) is 2.66. The molecule has 118 valence electrons. The van der Waals surface area contributed by atoms with E-state index in [-0.39, 0.29) is 0 Å². The Hall–Kier alpha value is -1.39. The van der Waals surface area contributed by atoms with E-state index in [1.54, 1.807) is 0 Å². The van der Waals surface area contributed by atoms with Gasteiger partial charge in [-0.1, -0.05) is 57.0 Å². The number of carbonyl (C=O) groups is 1. The van der Waals surface area contributed by atoms with Crippen molar-refractivity contribution in [3.05, 3.63) is 35.9 Å². The van der Waals surface area contributed by atoms with Crippen LogP contribution in [0, 0.1) is 0 Å². The smallest absolute Gasteiger partial charge is 0.329 e. The number of aliphatic carboxylic acids is 1. The summed E-state index contributed by atoms with van der Waals surface area (Å²) in [7, 11) is 1.99. The second-order valence-corrected chi connectivity index (χ2v) is 5.55. The van der Waals surface area contributed by atoms with Crippen LogP contribution in [-0.4, -0.2) is 42.7 Å². The van der Waals surface area contributed by atoms with Gasteiger partial charge in [-0.25, -0.2) is 4.79 Å². The molecular formula is C17H28N2O2. The van der Waals surface area contributed by atoms with Gasteiger partial charge in [0, 0.05) is 6.54 Å². The second kappa shape index (κ2) is 8.80. The molecule has 21 heavy (non-hydrogen) atoms. The summed E-state index contributed by atoms with van der Waals surface area (Å²) in [5.74, 6) is -0.821. The molecule has 1 unspecified atom stereocenters. The molecule has 1 atom stereocenters. The predicted molar refractivity (Wildman–Crippen MR) is 86.5 cm³/mol. The first-order valence-electron chi connectivity index (χ1n) is 7.79. The molecule has 0 aliphatic carbocycles. The lowest BCUT2D eigenvalue weighted by Crippen LogP contribution is -2.56. The topological polar surface area (TPSA) is 52.6 Å². The molecule has 1 rings (SSSR count). The summed E-state index contributed by atoms with van der Waals surface area (Å²) in [6.45, 7) is 6.11. The van der Waals surface area contributed by atoms with Gasteiger partial charge in [0.2, 0.25) is 0 Å². The summed E-state index contributed by atoms with van der Waals surface area (Å²) in [6.07, 6.45) is 3.45. The van der Waals surface area contributed by atoms with Crippen LogP contribution in [0.4, 0.5) is 0 Å². The third kappa shape index (κ3) is 4.83. The number of carboxylic acids is 1. The highest BCUT2D eigenvalue weighted by Gasteiger charge is 2.40. The van der Waals surface area contributed by atoms with Crippen molar-refractivity contribution in [3.8, 4) is 0 Å². The fourth-order valence-electron chi connectivity index (χ4n) is 2.66. The van der Waals surface area contributed by atoms with Gasteiger partial charge in [0.25, 0.3) is 0 Å². The lowest BCUT2D eigenvalue weighted by molar-refractivity contribution is -0.146. The number of hydrogen-bond donors (Lipinski definition) is 2. The second-order valence-electron chi connectivity index (χ2n) is 5.55. The molecule has 0 saturated heterocycles. The van der Waals surface area contributed by atoms with E-state index in [0.717, 1.165) is 18.5 Å². The van der Waals surface area contributed by atoms with Crippen LogP contribution in [0.3, 0.4) is 0 Å². The van der Waals surface area contributed by atoms with Gasteiger partial charge in [-0.05, 0) is 32.1 Å². The maximum atomic E-state index is 12.0. The SMILES string of the molecule is CCCCCN(C)CC(NCC)(C(=O)O)c1ccccc1. The number of carboxylic acid groups (broad SMARTS) is 1. The van der Waals surface area contributed by atoms with Gasteiger partial charge < -0.3 is 10.0 Å². The van der Waals surface area contributed by atoms with Crippen molar-refractivity contribution in [2.45, 2.75) is 38.6 Å². The Morgan fingerprint density at radius 2 is 1.90 bits per heavy atom. The molecule has 0 radical (unpaired) electrons. The minimum Gasteiger partial charge on any atom is -0.480 e. The van der Waals surface area contributed by atoms with E-state index >= 15 is 0 Å². The molecule has 0 saturated carbocycles. The minimum absolute atomic E-state index is 0.462. The quantitative estimate of drug-likeness (QED) is 0.651. The first kappa shape index (κ1) is 17.7. The van der Waals surface area contributed by atoms with E-state index in [0.29, 0.717) is 13.1 Å². The Bertz CT molecular complexity index is 422. The Balaban J connectivity index is 2.94. The highest BCUT2D eigenvalue weighted by molar-refractivity contribution is 5.81. The van der Waals surface area contributed by atoms with Crippen molar-refractivity contribution in [3.63, 3.8) is 0 Å². The highest BCUT2D eigenvalue weighted by Crippen LogP contribution is 2.23. The lowest BCUT2D eigenvalue weighted by Gasteiger charge is -2.34. The van der Waals surface area contributed by atoms with Crippen molar-refractivity contribution in [1.29, 1.82) is 0 Å². The normalized spacial score (nSPS) is 14.1. The van der Waals surface area contributed by atoms with Crippen LogP contribution in [0.2, 0.25) is 0 Å². The molecular weight excluding hydrogens is 264 g/mol. The average Bonchev–Trinajstić information content (AvgIpc) is 2.47. The predicted octanol–water partition coefficient (Wildman–Crippen LogP) is 2.70. The molecule has 0 heterocycles. The van der Waals surface area contributed by atoms with E-state index in [1.807, 2.05) is 44.3 Å². The Morgan fingerprint density at radius 3 is 2.43 bits per heavy atom. The molecule has 0 aromatic heterocycles. The van der Waals surface area contributed by atoms with Crippen molar-refractivity contribution in [1.82, 2.24) is 10.2 Å². The molecule has 0 spiro atoms. The summed E-state index contributed by atoms with van der Waals surface area (Å²) in [6, 6.07) is 9.46. The highest BCUT2D eigenvalue weighted by atomic mass is 16.4. The molecule has 0 bridgehead atoms. The van der Waals surface area contributed by atoms with Gasteiger partial charge in [0.1, 0.15) is 0 Å². The summed E-state index contributed by atoms with van der Waals surface area (Å²) < 4.78 is 0. The molecule has 0 fully saturated rings. The molecule has 1 aromatic carbocycles. The number of hydrogen-bond acceptors (Lipinski definition) is 3. The maximum absolute atomic E-state index is 12.0. The zero-order chi connectivity index (χ0) is 15.7. The fraction of sp³-hybridized carbons (Fsp3) is 0.588. The standard InChI is InChI=1S/C17H28N2O2/c1-4-6-10-13-19(3)14-17(16(20)21,18-5-2)15-11-8-7-9-12-15/h7-9,11-12,18H,4-6,10,13-14H2,1-3H3,(H,20,21). The Kier molecular flexibility index (Phi) is 7.40. The average molecular weight is 292 g/mol. The van der Waals surface area contributed by atoms with Gasteiger partial charge in [-0.15, -0.1) is 0 Å². The van der Waals surface area contributed by atoms with Gasteiger partial charge in [-0.3, -0.25) is 5.32 Å². The summed E-state index contributed by atoms with van der Waals surface area (Å²) in [5.41, 5.74) is -0.238. The van der Waals surface area contributed by atoms with Crippen LogP contribution in [-0.2, 0) is 10.3 Å². The molecule has 4 heteroatoms. The van der Waals surface area contributed by atoms with Crippen LogP contribution in [0.1, 0.15) is 38.7 Å². The Morgan fingerprint density at radius 1 is 1.24 bits per heavy atom. The van der Waals surface area contributed by atoms with Crippen molar-refractivity contribution in [2.75, 3.05) is 26.7 Å². The number of unbranched alkanes of at least 4 members (excludes halogenated alkanes) is 2. The lowest BCUT2D eigenvalue weighted by atomic mass is 9.89. The summed E-state index contributed by atoms with van der Waals surface area (Å²) in [4.78, 5) is 14.1. The van der Waals surface area contributed by atoms with Gasteiger partial charge >= 0.3 is 5.97 Å². The van der Waals surface area contributed by atoms with Gasteiger partial charge in [0.15, 0.2) is 5.54 Å². The number of nitrogens with one attached hydrogen (secondary N) is 1. The van der Waals surface area contributed by atoms with Crippen molar-refractivity contribution in [2.24, 2.45) is 0 Å². The first-order chi connectivity index (χ1) is 10.1. The maximum Gasteiger partial charge on any atom is 0.329 e. The van der Waals surface area contributed by atoms with Crippen molar-refractivity contribution >= 4 is 5.97 Å². The zero-order valence-electron chi connectivity index (χ0n) is 13.4.